The average molecular weight is 190 g/mol. The van der Waals surface area contributed by atoms with Crippen molar-refractivity contribution in [3.05, 3.63) is 30.5 Å². The van der Waals surface area contributed by atoms with Crippen molar-refractivity contribution in [3.63, 3.8) is 0 Å². The van der Waals surface area contributed by atoms with E-state index in [0.29, 0.717) is 5.95 Å². The number of hydrogen-bond donors (Lipinski definition) is 2. The van der Waals surface area contributed by atoms with Gasteiger partial charge in [0.1, 0.15) is 12.1 Å². The summed E-state index contributed by atoms with van der Waals surface area (Å²) >= 11 is 0. The number of imidazole rings is 1. The standard InChI is InChI=1S/C8H10N6/c1-6-4-11-8(13-9)12-7(6)14-3-2-10-5-14/h2-5H,9H2,1H3,(H,11,12,13). The Morgan fingerprint density at radius 3 is 3.00 bits per heavy atom. The van der Waals surface area contributed by atoms with Crippen molar-refractivity contribution < 1.29 is 0 Å². The highest BCUT2D eigenvalue weighted by atomic mass is 15.3. The molecule has 0 bridgehead atoms. The van der Waals surface area contributed by atoms with Crippen molar-refractivity contribution in [2.24, 2.45) is 5.84 Å². The number of hydrazine groups is 1. The molecule has 3 N–H and O–H groups in total. The predicted molar refractivity (Wildman–Crippen MR) is 51.7 cm³/mol. The maximum atomic E-state index is 5.22. The zero-order valence-corrected chi connectivity index (χ0v) is 7.68. The molecule has 14 heavy (non-hydrogen) atoms. The fourth-order valence-corrected chi connectivity index (χ4v) is 1.15. The largest absolute Gasteiger partial charge is 0.292 e. The van der Waals surface area contributed by atoms with Crippen molar-refractivity contribution >= 4 is 5.95 Å². The molecular formula is C8H10N6. The van der Waals surface area contributed by atoms with Gasteiger partial charge >= 0.3 is 0 Å². The Kier molecular flexibility index (Phi) is 2.11. The minimum atomic E-state index is 0.388. The van der Waals surface area contributed by atoms with Crippen LogP contribution in [0.15, 0.2) is 24.9 Å². The molecule has 0 aliphatic carbocycles. The number of nitrogens with zero attached hydrogens (tertiary/aromatic N) is 4. The highest BCUT2D eigenvalue weighted by Gasteiger charge is 2.03. The minimum Gasteiger partial charge on any atom is -0.292 e. The van der Waals surface area contributed by atoms with Crippen LogP contribution in [-0.2, 0) is 0 Å². The maximum Gasteiger partial charge on any atom is 0.239 e. The first-order valence-corrected chi connectivity index (χ1v) is 4.10. The molecule has 0 amide bonds. The van der Waals surface area contributed by atoms with Crippen LogP contribution in [0.5, 0.6) is 0 Å². The van der Waals surface area contributed by atoms with Gasteiger partial charge in [-0.05, 0) is 6.92 Å². The van der Waals surface area contributed by atoms with Gasteiger partial charge in [0.2, 0.25) is 5.95 Å². The summed E-state index contributed by atoms with van der Waals surface area (Å²) in [6.45, 7) is 1.93. The number of hydrogen-bond acceptors (Lipinski definition) is 5. The van der Waals surface area contributed by atoms with Crippen molar-refractivity contribution in [1.29, 1.82) is 0 Å². The third-order valence-corrected chi connectivity index (χ3v) is 1.82. The van der Waals surface area contributed by atoms with Gasteiger partial charge in [-0.1, -0.05) is 0 Å². The zero-order chi connectivity index (χ0) is 9.97. The van der Waals surface area contributed by atoms with Gasteiger partial charge in [-0.3, -0.25) is 9.99 Å². The van der Waals surface area contributed by atoms with E-state index < -0.39 is 0 Å². The molecule has 2 aromatic rings. The molecular weight excluding hydrogens is 180 g/mol. The summed E-state index contributed by atoms with van der Waals surface area (Å²) in [4.78, 5) is 12.1. The van der Waals surface area contributed by atoms with E-state index in [0.717, 1.165) is 11.4 Å². The minimum absolute atomic E-state index is 0.388. The van der Waals surface area contributed by atoms with Crippen LogP contribution in [0.4, 0.5) is 5.95 Å². The van der Waals surface area contributed by atoms with E-state index in [1.807, 2.05) is 13.1 Å². The molecule has 6 nitrogen and oxygen atoms in total. The van der Waals surface area contributed by atoms with Crippen molar-refractivity contribution in [3.8, 4) is 5.82 Å². The third-order valence-electron chi connectivity index (χ3n) is 1.82. The molecule has 0 unspecified atom stereocenters. The van der Waals surface area contributed by atoms with Gasteiger partial charge in [0.15, 0.2) is 0 Å². The first kappa shape index (κ1) is 8.64. The van der Waals surface area contributed by atoms with Crippen molar-refractivity contribution in [2.45, 2.75) is 6.92 Å². The smallest absolute Gasteiger partial charge is 0.239 e. The van der Waals surface area contributed by atoms with Gasteiger partial charge in [-0.25, -0.2) is 15.8 Å². The number of nitrogens with two attached hydrogens (primary N) is 1. The van der Waals surface area contributed by atoms with E-state index in [-0.39, 0.29) is 0 Å². The molecule has 0 spiro atoms. The van der Waals surface area contributed by atoms with Gasteiger partial charge in [0.05, 0.1) is 0 Å². The number of nitrogens with one attached hydrogen (secondary N) is 1. The van der Waals surface area contributed by atoms with Crippen LogP contribution in [0, 0.1) is 6.92 Å². The molecule has 0 fully saturated rings. The van der Waals surface area contributed by atoms with Gasteiger partial charge in [0, 0.05) is 24.2 Å². The summed E-state index contributed by atoms with van der Waals surface area (Å²) in [6.07, 6.45) is 6.89. The highest BCUT2D eigenvalue weighted by Crippen LogP contribution is 2.10. The van der Waals surface area contributed by atoms with E-state index in [1.165, 1.54) is 0 Å². The van der Waals surface area contributed by atoms with Gasteiger partial charge in [0.25, 0.3) is 0 Å². The Morgan fingerprint density at radius 2 is 2.36 bits per heavy atom. The van der Waals surface area contributed by atoms with E-state index in [4.69, 9.17) is 5.84 Å². The molecule has 2 heterocycles. The molecule has 2 rings (SSSR count). The first-order valence-electron chi connectivity index (χ1n) is 4.10. The predicted octanol–water partition coefficient (Wildman–Crippen LogP) is 0.256. The summed E-state index contributed by atoms with van der Waals surface area (Å²) in [5, 5.41) is 0. The second-order valence-electron chi connectivity index (χ2n) is 2.81. The lowest BCUT2D eigenvalue weighted by molar-refractivity contribution is 0.947. The molecule has 72 valence electrons. The lowest BCUT2D eigenvalue weighted by Crippen LogP contribution is -2.12. The van der Waals surface area contributed by atoms with Crippen LogP contribution in [0.3, 0.4) is 0 Å². The van der Waals surface area contributed by atoms with E-state index in [9.17, 15) is 0 Å². The number of aromatic nitrogens is 4. The number of nitrogen functional groups attached to an aromatic ring is 1. The fourth-order valence-electron chi connectivity index (χ4n) is 1.15. The van der Waals surface area contributed by atoms with Gasteiger partial charge in [-0.15, -0.1) is 0 Å². The van der Waals surface area contributed by atoms with Gasteiger partial charge < -0.3 is 0 Å². The monoisotopic (exact) mass is 190 g/mol. The molecule has 0 saturated heterocycles. The quantitative estimate of drug-likeness (QED) is 0.524. The van der Waals surface area contributed by atoms with Crippen LogP contribution in [0.25, 0.3) is 5.82 Å². The van der Waals surface area contributed by atoms with Crippen molar-refractivity contribution in [2.75, 3.05) is 5.43 Å². The second kappa shape index (κ2) is 3.43. The Labute approximate surface area is 80.8 Å². The summed E-state index contributed by atoms with van der Waals surface area (Å²) in [6, 6.07) is 0. The lowest BCUT2D eigenvalue weighted by Gasteiger charge is -2.06. The molecule has 0 aliphatic rings. The molecule has 0 radical (unpaired) electrons. The van der Waals surface area contributed by atoms with Crippen LogP contribution >= 0.6 is 0 Å². The Hall–Kier alpha value is -1.95. The van der Waals surface area contributed by atoms with Crippen LogP contribution in [-0.4, -0.2) is 19.5 Å². The molecule has 0 atom stereocenters. The fraction of sp³-hybridized carbons (Fsp3) is 0.125. The summed E-state index contributed by atoms with van der Waals surface area (Å²) in [7, 11) is 0. The lowest BCUT2D eigenvalue weighted by atomic mass is 10.3. The average Bonchev–Trinajstić information content (AvgIpc) is 2.71. The topological polar surface area (TPSA) is 81.6 Å². The number of rotatable bonds is 2. The van der Waals surface area contributed by atoms with Crippen LogP contribution in [0.1, 0.15) is 5.56 Å². The molecule has 0 saturated carbocycles. The summed E-state index contributed by atoms with van der Waals surface area (Å²) in [5.41, 5.74) is 3.36. The SMILES string of the molecule is Cc1cnc(NN)nc1-n1ccnc1. The Morgan fingerprint density at radius 1 is 1.50 bits per heavy atom. The van der Waals surface area contributed by atoms with E-state index >= 15 is 0 Å². The van der Waals surface area contributed by atoms with E-state index in [2.05, 4.69) is 20.4 Å². The molecule has 2 aromatic heterocycles. The van der Waals surface area contributed by atoms with Gasteiger partial charge in [-0.2, -0.15) is 4.98 Å². The Bertz CT molecular complexity index is 421. The zero-order valence-electron chi connectivity index (χ0n) is 7.68. The van der Waals surface area contributed by atoms with E-state index in [1.54, 1.807) is 23.3 Å². The normalized spacial score (nSPS) is 10.1. The molecule has 6 heteroatoms. The number of anilines is 1. The molecule has 0 aromatic carbocycles. The Balaban J connectivity index is 2.51. The molecule has 0 aliphatic heterocycles. The maximum absolute atomic E-state index is 5.22. The number of aryl methyl sites for hydroxylation is 1. The summed E-state index contributed by atoms with van der Waals surface area (Å²) in [5.74, 6) is 6.38. The first-order chi connectivity index (χ1) is 6.81. The van der Waals surface area contributed by atoms with Crippen LogP contribution in [0.2, 0.25) is 0 Å². The van der Waals surface area contributed by atoms with Crippen LogP contribution < -0.4 is 11.3 Å². The summed E-state index contributed by atoms with van der Waals surface area (Å²) < 4.78 is 1.80. The third kappa shape index (κ3) is 1.42. The van der Waals surface area contributed by atoms with Crippen molar-refractivity contribution in [1.82, 2.24) is 19.5 Å². The highest BCUT2D eigenvalue weighted by molar-refractivity contribution is 5.37. The second-order valence-corrected chi connectivity index (χ2v) is 2.81.